The predicted molar refractivity (Wildman–Crippen MR) is 191 cm³/mol. The Kier molecular flexibility index (Phi) is 10.5. The largest absolute Gasteiger partial charge is 0.388 e. The Balaban J connectivity index is 1.24. The maximum Gasteiger partial charge on any atom is 0.354 e. The van der Waals surface area contributed by atoms with Crippen LogP contribution in [-0.2, 0) is 6.42 Å². The van der Waals surface area contributed by atoms with Crippen molar-refractivity contribution >= 4 is 28.5 Å². The van der Waals surface area contributed by atoms with E-state index < -0.39 is 5.82 Å². The highest BCUT2D eigenvalue weighted by Gasteiger charge is 2.33. The average molecular weight is 659 g/mol. The third kappa shape index (κ3) is 8.15. The Morgan fingerprint density at radius 3 is 2.64 bits per heavy atom. The van der Waals surface area contributed by atoms with Crippen molar-refractivity contribution in [2.45, 2.75) is 97.1 Å². The van der Waals surface area contributed by atoms with Crippen LogP contribution in [0, 0.1) is 17.7 Å². The van der Waals surface area contributed by atoms with E-state index in [1.165, 1.54) is 37.7 Å². The third-order valence-corrected chi connectivity index (χ3v) is 10.2. The van der Waals surface area contributed by atoms with Crippen LogP contribution in [0.3, 0.4) is 0 Å². The summed E-state index contributed by atoms with van der Waals surface area (Å²) < 4.78 is 16.8. The van der Waals surface area contributed by atoms with Gasteiger partial charge < -0.3 is 10.7 Å². The number of nitrogens with one attached hydrogen (secondary N) is 1. The standard InChI is InChI=1S/C38H48ClFN6O/c1-24(2)6-4-7-27-20-32(36(40)33(39)21-27)34-22-29-23-46(38(47)44-37(29)43-34)31-14-12-28(13-15-31)35-9-5-8-30(16-18-42-25(3)41)45(35)19-17-26-10-11-26/h12-15,20-24,26,30,35H,4-11,16-19H2,1-3H3,(H2,41,42)(H,43,44,47)/t30-,35-/m0/s1. The van der Waals surface area contributed by atoms with Crippen molar-refractivity contribution in [2.24, 2.45) is 22.6 Å². The van der Waals surface area contributed by atoms with Gasteiger partial charge in [0.15, 0.2) is 5.82 Å². The zero-order valence-electron chi connectivity index (χ0n) is 27.9. The first kappa shape index (κ1) is 33.4. The van der Waals surface area contributed by atoms with Crippen LogP contribution < -0.4 is 11.4 Å². The first-order valence-electron chi connectivity index (χ1n) is 17.4. The molecule has 9 heteroatoms. The number of hydrogen-bond donors (Lipinski definition) is 2. The maximum atomic E-state index is 15.2. The lowest BCUT2D eigenvalue weighted by Gasteiger charge is -2.43. The fourth-order valence-electron chi connectivity index (χ4n) is 7.15. The monoisotopic (exact) mass is 658 g/mol. The minimum absolute atomic E-state index is 0.0999. The van der Waals surface area contributed by atoms with Crippen LogP contribution in [0.4, 0.5) is 4.39 Å². The molecule has 0 unspecified atom stereocenters. The molecule has 2 fully saturated rings. The summed E-state index contributed by atoms with van der Waals surface area (Å²) in [7, 11) is 0. The number of H-pyrrole nitrogens is 1. The number of aliphatic imine (C=N–C) groups is 1. The maximum absolute atomic E-state index is 15.2. The van der Waals surface area contributed by atoms with Crippen molar-refractivity contribution in [1.29, 1.82) is 0 Å². The van der Waals surface area contributed by atoms with E-state index in [-0.39, 0.29) is 10.7 Å². The second-order valence-electron chi connectivity index (χ2n) is 14.1. The molecule has 47 heavy (non-hydrogen) atoms. The molecule has 3 N–H and O–H groups in total. The van der Waals surface area contributed by atoms with Crippen LogP contribution in [0.25, 0.3) is 28.0 Å². The lowest BCUT2D eigenvalue weighted by Crippen LogP contribution is -2.43. The van der Waals surface area contributed by atoms with E-state index in [4.69, 9.17) is 17.3 Å². The molecule has 250 valence electrons. The second-order valence-corrected chi connectivity index (χ2v) is 14.5. The summed E-state index contributed by atoms with van der Waals surface area (Å²) in [5, 5.41) is 0.823. The van der Waals surface area contributed by atoms with Gasteiger partial charge in [-0.15, -0.1) is 0 Å². The highest BCUT2D eigenvalue weighted by molar-refractivity contribution is 6.31. The number of nitrogens with zero attached hydrogens (tertiary/aromatic N) is 4. The van der Waals surface area contributed by atoms with Crippen LogP contribution in [0.1, 0.15) is 95.7 Å². The Bertz CT molecular complexity index is 1770. The average Bonchev–Trinajstić information content (AvgIpc) is 3.78. The molecular weight excluding hydrogens is 611 g/mol. The molecule has 1 saturated heterocycles. The number of nitrogens with two attached hydrogens (primary N) is 1. The van der Waals surface area contributed by atoms with Crippen LogP contribution in [0.5, 0.6) is 0 Å². The van der Waals surface area contributed by atoms with E-state index in [0.29, 0.717) is 40.7 Å². The van der Waals surface area contributed by atoms with Crippen molar-refractivity contribution in [1.82, 2.24) is 19.4 Å². The number of fused-ring (bicyclic) bond motifs is 1. The SMILES string of the molecule is CC(N)=NCC[C@@H]1CCC[C@@H](c2ccc(-n3cc4cc(-c5cc(CCCC(C)C)cc(Cl)c5F)[nH]c4nc3=O)cc2)N1CCC1CC1. The fraction of sp³-hybridized carbons (Fsp3) is 0.500. The lowest BCUT2D eigenvalue weighted by molar-refractivity contribution is 0.0753. The van der Waals surface area contributed by atoms with E-state index in [1.54, 1.807) is 16.8 Å². The molecule has 6 rings (SSSR count). The van der Waals surface area contributed by atoms with Gasteiger partial charge in [0.1, 0.15) is 5.65 Å². The van der Waals surface area contributed by atoms with E-state index in [2.05, 4.69) is 45.8 Å². The molecule has 1 aliphatic carbocycles. The molecule has 1 aliphatic heterocycles. The van der Waals surface area contributed by atoms with E-state index in [1.807, 2.05) is 31.2 Å². The second kappa shape index (κ2) is 14.7. The normalized spacial score (nSPS) is 19.2. The Hall–Kier alpha value is -3.49. The zero-order chi connectivity index (χ0) is 33.1. The first-order valence-corrected chi connectivity index (χ1v) is 17.8. The summed E-state index contributed by atoms with van der Waals surface area (Å²) in [6.07, 6.45) is 13.2. The summed E-state index contributed by atoms with van der Waals surface area (Å²) in [5.41, 5.74) is 9.82. The molecular formula is C38H48ClFN6O. The highest BCUT2D eigenvalue weighted by Crippen LogP contribution is 2.39. The van der Waals surface area contributed by atoms with Gasteiger partial charge in [0.25, 0.3) is 0 Å². The number of aromatic nitrogens is 3. The van der Waals surface area contributed by atoms with Gasteiger partial charge in [0, 0.05) is 35.8 Å². The van der Waals surface area contributed by atoms with Crippen LogP contribution >= 0.6 is 11.6 Å². The molecule has 0 amide bonds. The first-order chi connectivity index (χ1) is 22.7. The molecule has 2 aliphatic rings. The molecule has 0 bridgehead atoms. The summed E-state index contributed by atoms with van der Waals surface area (Å²) in [5.74, 6) is 1.65. The van der Waals surface area contributed by atoms with E-state index in [9.17, 15) is 4.79 Å². The Morgan fingerprint density at radius 1 is 1.13 bits per heavy atom. The van der Waals surface area contributed by atoms with Gasteiger partial charge in [-0.05, 0) is 112 Å². The number of amidine groups is 1. The van der Waals surface area contributed by atoms with Crippen LogP contribution in [0.2, 0.25) is 5.02 Å². The Labute approximate surface area is 282 Å². The summed E-state index contributed by atoms with van der Waals surface area (Å²) in [4.78, 5) is 27.9. The Morgan fingerprint density at radius 2 is 1.91 bits per heavy atom. The van der Waals surface area contributed by atoms with Crippen molar-refractivity contribution in [3.05, 3.63) is 81.1 Å². The summed E-state index contributed by atoms with van der Waals surface area (Å²) in [6, 6.07) is 14.6. The lowest BCUT2D eigenvalue weighted by atomic mass is 9.89. The fourth-order valence-corrected chi connectivity index (χ4v) is 7.39. The van der Waals surface area contributed by atoms with Gasteiger partial charge in [-0.25, -0.2) is 9.18 Å². The molecule has 0 radical (unpaired) electrons. The minimum Gasteiger partial charge on any atom is -0.388 e. The number of piperidine rings is 1. The quantitative estimate of drug-likeness (QED) is 0.111. The topological polar surface area (TPSA) is 92.3 Å². The highest BCUT2D eigenvalue weighted by atomic mass is 35.5. The van der Waals surface area contributed by atoms with Crippen molar-refractivity contribution in [3.63, 3.8) is 0 Å². The number of aromatic amines is 1. The van der Waals surface area contributed by atoms with E-state index in [0.717, 1.165) is 67.7 Å². The number of halogens is 2. The third-order valence-electron chi connectivity index (χ3n) is 9.89. The van der Waals surface area contributed by atoms with E-state index >= 15 is 4.39 Å². The molecule has 4 aromatic rings. The number of hydrogen-bond acceptors (Lipinski definition) is 4. The molecule has 3 heterocycles. The molecule has 0 spiro atoms. The van der Waals surface area contributed by atoms with Gasteiger partial charge in [-0.3, -0.25) is 14.5 Å². The molecule has 7 nitrogen and oxygen atoms in total. The molecule has 2 atom stereocenters. The van der Waals surface area contributed by atoms with Gasteiger partial charge in [0.05, 0.1) is 22.2 Å². The summed E-state index contributed by atoms with van der Waals surface area (Å²) >= 11 is 6.32. The van der Waals surface area contributed by atoms with Crippen molar-refractivity contribution in [3.8, 4) is 16.9 Å². The van der Waals surface area contributed by atoms with Gasteiger partial charge in [0.2, 0.25) is 0 Å². The minimum atomic E-state index is -0.477. The van der Waals surface area contributed by atoms with Crippen LogP contribution in [-0.4, -0.2) is 44.4 Å². The van der Waals surface area contributed by atoms with Gasteiger partial charge >= 0.3 is 5.69 Å². The number of benzene rings is 2. The molecule has 2 aromatic carbocycles. The van der Waals surface area contributed by atoms with Gasteiger partial charge in [-0.1, -0.05) is 56.8 Å². The van der Waals surface area contributed by atoms with Gasteiger partial charge in [-0.2, -0.15) is 4.98 Å². The smallest absolute Gasteiger partial charge is 0.354 e. The zero-order valence-corrected chi connectivity index (χ0v) is 28.7. The van der Waals surface area contributed by atoms with Crippen molar-refractivity contribution < 1.29 is 4.39 Å². The molecule has 2 aromatic heterocycles. The summed E-state index contributed by atoms with van der Waals surface area (Å²) in [6.45, 7) is 8.12. The number of rotatable bonds is 13. The number of likely N-dealkylation sites (tertiary alicyclic amines) is 1. The van der Waals surface area contributed by atoms with Crippen molar-refractivity contribution in [2.75, 3.05) is 13.1 Å². The number of aryl methyl sites for hydroxylation is 1. The molecule has 1 saturated carbocycles. The predicted octanol–water partition coefficient (Wildman–Crippen LogP) is 8.61. The van der Waals surface area contributed by atoms with Crippen LogP contribution in [0.15, 0.2) is 58.4 Å².